The first-order valence-corrected chi connectivity index (χ1v) is 13.2. The summed E-state index contributed by atoms with van der Waals surface area (Å²) in [4.78, 5) is 26.1. The Balaban J connectivity index is 1.61. The maximum atomic E-state index is 13.0. The summed E-state index contributed by atoms with van der Waals surface area (Å²) in [6, 6.07) is 3.76. The second-order valence-corrected chi connectivity index (χ2v) is 9.95. The van der Waals surface area contributed by atoms with E-state index in [1.807, 2.05) is 12.1 Å². The third kappa shape index (κ3) is 5.19. The maximum absolute atomic E-state index is 13.0. The first kappa shape index (κ1) is 24.8. The van der Waals surface area contributed by atoms with Crippen LogP contribution in [0, 0.1) is 0 Å². The molecule has 0 fully saturated rings. The summed E-state index contributed by atoms with van der Waals surface area (Å²) in [5.41, 5.74) is 4.19. The molecule has 184 valence electrons. The summed E-state index contributed by atoms with van der Waals surface area (Å²) in [6.07, 6.45) is 11.4. The fourth-order valence-corrected chi connectivity index (χ4v) is 5.69. The zero-order chi connectivity index (χ0) is 24.1. The molecule has 0 saturated carbocycles. The number of allylic oxidation sites excluding steroid dienone is 4. The first-order valence-electron chi connectivity index (χ1n) is 12.8. The Hall–Kier alpha value is -2.27. The van der Waals surface area contributed by atoms with Gasteiger partial charge in [0.2, 0.25) is 0 Å². The Morgan fingerprint density at radius 1 is 0.912 bits per heavy atom. The fraction of sp³-hybridized carbons (Fsp3) is 0.571. The lowest BCUT2D eigenvalue weighted by Gasteiger charge is -2.37. The number of halogens is 1. The first-order chi connectivity index (χ1) is 16.5. The highest BCUT2D eigenvalue weighted by Gasteiger charge is 2.40. The van der Waals surface area contributed by atoms with E-state index in [4.69, 9.17) is 21.1 Å². The van der Waals surface area contributed by atoms with E-state index in [-0.39, 0.29) is 11.6 Å². The standard InChI is InChI=1S/C28H36ClNO4/c1-3-4-5-6-7-8-15-34-28-19(29)16-18(17-24(28)33-2)25-26-20(11-9-13-22(26)31)30-21-12-10-14-23(32)27(21)25/h16-17,25,30H,3-15H2,1-2H3. The number of ketones is 2. The van der Waals surface area contributed by atoms with Crippen LogP contribution >= 0.6 is 11.6 Å². The van der Waals surface area contributed by atoms with E-state index in [9.17, 15) is 9.59 Å². The molecule has 0 atom stereocenters. The van der Waals surface area contributed by atoms with Crippen LogP contribution in [-0.4, -0.2) is 25.3 Å². The molecular weight excluding hydrogens is 450 g/mol. The number of carbonyl (C=O) groups excluding carboxylic acids is 2. The molecule has 3 aliphatic rings. The number of Topliss-reactive ketones (excluding diaryl/α,β-unsaturated/α-hetero) is 2. The number of rotatable bonds is 10. The molecule has 1 aliphatic heterocycles. The van der Waals surface area contributed by atoms with Crippen LogP contribution in [0.1, 0.15) is 95.5 Å². The summed E-state index contributed by atoms with van der Waals surface area (Å²) in [5, 5.41) is 3.91. The van der Waals surface area contributed by atoms with E-state index in [2.05, 4.69) is 12.2 Å². The molecule has 1 aromatic rings. The van der Waals surface area contributed by atoms with Crippen molar-refractivity contribution in [2.24, 2.45) is 0 Å². The van der Waals surface area contributed by atoms with Crippen LogP contribution in [0.5, 0.6) is 11.5 Å². The predicted molar refractivity (Wildman–Crippen MR) is 135 cm³/mol. The third-order valence-electron chi connectivity index (χ3n) is 7.12. The summed E-state index contributed by atoms with van der Waals surface area (Å²) < 4.78 is 11.7. The van der Waals surface area contributed by atoms with Crippen molar-refractivity contribution < 1.29 is 19.1 Å². The molecule has 34 heavy (non-hydrogen) atoms. The number of methoxy groups -OCH3 is 1. The van der Waals surface area contributed by atoms with Gasteiger partial charge >= 0.3 is 0 Å². The number of carbonyl (C=O) groups is 2. The summed E-state index contributed by atoms with van der Waals surface area (Å²) >= 11 is 6.71. The molecular formula is C28H36ClNO4. The van der Waals surface area contributed by atoms with E-state index >= 15 is 0 Å². The van der Waals surface area contributed by atoms with Gasteiger partial charge in [-0.25, -0.2) is 0 Å². The van der Waals surface area contributed by atoms with Gasteiger partial charge in [0.15, 0.2) is 23.1 Å². The number of hydrogen-bond acceptors (Lipinski definition) is 5. The molecule has 0 bridgehead atoms. The van der Waals surface area contributed by atoms with E-state index < -0.39 is 5.92 Å². The van der Waals surface area contributed by atoms with Crippen LogP contribution in [-0.2, 0) is 9.59 Å². The number of ether oxygens (including phenoxy) is 2. The normalized spacial score (nSPS) is 18.6. The lowest BCUT2D eigenvalue weighted by molar-refractivity contribution is -0.116. The largest absolute Gasteiger partial charge is 0.493 e. The molecule has 0 spiro atoms. The number of unbranched alkanes of at least 4 members (excludes halogenated alkanes) is 5. The number of benzene rings is 1. The quantitative estimate of drug-likeness (QED) is 0.369. The molecule has 4 rings (SSSR count). The minimum Gasteiger partial charge on any atom is -0.493 e. The van der Waals surface area contributed by atoms with E-state index in [0.717, 1.165) is 66.6 Å². The van der Waals surface area contributed by atoms with Crippen molar-refractivity contribution in [2.75, 3.05) is 13.7 Å². The number of nitrogens with one attached hydrogen (secondary N) is 1. The molecule has 0 aromatic heterocycles. The molecule has 0 unspecified atom stereocenters. The van der Waals surface area contributed by atoms with Gasteiger partial charge in [-0.1, -0.05) is 50.6 Å². The van der Waals surface area contributed by atoms with Crippen molar-refractivity contribution in [3.05, 3.63) is 45.3 Å². The fourth-order valence-electron chi connectivity index (χ4n) is 5.42. The Morgan fingerprint density at radius 3 is 2.15 bits per heavy atom. The Bertz CT molecular complexity index is 968. The second kappa shape index (κ2) is 11.4. The van der Waals surface area contributed by atoms with Crippen molar-refractivity contribution >= 4 is 23.2 Å². The molecule has 0 radical (unpaired) electrons. The molecule has 6 heteroatoms. The smallest absolute Gasteiger partial charge is 0.179 e. The highest BCUT2D eigenvalue weighted by atomic mass is 35.5. The van der Waals surface area contributed by atoms with Crippen molar-refractivity contribution in [2.45, 2.75) is 89.9 Å². The number of hydrogen-bond donors (Lipinski definition) is 1. The van der Waals surface area contributed by atoms with E-state index in [1.54, 1.807) is 7.11 Å². The average molecular weight is 486 g/mol. The summed E-state index contributed by atoms with van der Waals surface area (Å²) in [6.45, 7) is 2.80. The van der Waals surface area contributed by atoms with E-state index in [1.165, 1.54) is 25.7 Å². The monoisotopic (exact) mass is 485 g/mol. The third-order valence-corrected chi connectivity index (χ3v) is 7.40. The minimum atomic E-state index is -0.397. The van der Waals surface area contributed by atoms with Crippen LogP contribution in [0.4, 0.5) is 0 Å². The van der Waals surface area contributed by atoms with Gasteiger partial charge in [-0.2, -0.15) is 0 Å². The van der Waals surface area contributed by atoms with Crippen molar-refractivity contribution in [3.8, 4) is 11.5 Å². The van der Waals surface area contributed by atoms with Gasteiger partial charge in [-0.05, 0) is 49.8 Å². The van der Waals surface area contributed by atoms with Crippen molar-refractivity contribution in [1.29, 1.82) is 0 Å². The average Bonchev–Trinajstić information content (AvgIpc) is 2.83. The van der Waals surface area contributed by atoms with Gasteiger partial charge in [0.05, 0.1) is 18.7 Å². The highest BCUT2D eigenvalue weighted by Crippen LogP contribution is 2.48. The molecule has 1 aromatic carbocycles. The topological polar surface area (TPSA) is 64.6 Å². The van der Waals surface area contributed by atoms with Gasteiger partial charge in [0.1, 0.15) is 0 Å². The van der Waals surface area contributed by atoms with E-state index in [0.29, 0.717) is 36.0 Å². The van der Waals surface area contributed by atoms with Crippen molar-refractivity contribution in [1.82, 2.24) is 5.32 Å². The molecule has 2 aliphatic carbocycles. The Labute approximate surface area is 207 Å². The Morgan fingerprint density at radius 2 is 1.53 bits per heavy atom. The number of dihydropyridines is 1. The summed E-state index contributed by atoms with van der Waals surface area (Å²) in [5.74, 6) is 0.904. The molecule has 1 N–H and O–H groups in total. The van der Waals surface area contributed by atoms with Gasteiger partial charge in [-0.3, -0.25) is 9.59 Å². The highest BCUT2D eigenvalue weighted by molar-refractivity contribution is 6.32. The van der Waals surface area contributed by atoms with Crippen LogP contribution in [0.2, 0.25) is 5.02 Å². The van der Waals surface area contributed by atoms with Crippen molar-refractivity contribution in [3.63, 3.8) is 0 Å². The van der Waals surface area contributed by atoms with Crippen LogP contribution in [0.25, 0.3) is 0 Å². The second-order valence-electron chi connectivity index (χ2n) is 9.55. The summed E-state index contributed by atoms with van der Waals surface area (Å²) in [7, 11) is 1.60. The van der Waals surface area contributed by atoms with Gasteiger partial charge in [0.25, 0.3) is 0 Å². The zero-order valence-electron chi connectivity index (χ0n) is 20.4. The zero-order valence-corrected chi connectivity index (χ0v) is 21.2. The molecule has 1 heterocycles. The maximum Gasteiger partial charge on any atom is 0.179 e. The lowest BCUT2D eigenvalue weighted by Crippen LogP contribution is -2.36. The van der Waals surface area contributed by atoms with Crippen LogP contribution < -0.4 is 14.8 Å². The molecule has 0 saturated heterocycles. The SMILES string of the molecule is CCCCCCCCOc1c(Cl)cc(C2C3=C(CCCC3=O)NC3=C2C(=O)CCC3)cc1OC. The van der Waals surface area contributed by atoms with Gasteiger partial charge in [-0.15, -0.1) is 0 Å². The van der Waals surface area contributed by atoms with Crippen LogP contribution in [0.15, 0.2) is 34.7 Å². The van der Waals surface area contributed by atoms with Gasteiger partial charge < -0.3 is 14.8 Å². The molecule has 0 amide bonds. The predicted octanol–water partition coefficient (Wildman–Crippen LogP) is 6.79. The van der Waals surface area contributed by atoms with Gasteiger partial charge in [0, 0.05) is 41.3 Å². The van der Waals surface area contributed by atoms with Crippen LogP contribution in [0.3, 0.4) is 0 Å². The Kier molecular flexibility index (Phi) is 8.36. The lowest BCUT2D eigenvalue weighted by atomic mass is 9.71. The molecule has 5 nitrogen and oxygen atoms in total. The minimum absolute atomic E-state index is 0.113.